The summed E-state index contributed by atoms with van der Waals surface area (Å²) < 4.78 is 6.16. The fourth-order valence-electron chi connectivity index (χ4n) is 5.01. The maximum Gasteiger partial charge on any atom is 0.205 e. The highest BCUT2D eigenvalue weighted by Crippen LogP contribution is 2.34. The van der Waals surface area contributed by atoms with Crippen LogP contribution in [0.25, 0.3) is 31.9 Å². The van der Waals surface area contributed by atoms with E-state index in [4.69, 9.17) is 51.1 Å². The van der Waals surface area contributed by atoms with E-state index in [1.165, 1.54) is 0 Å². The Morgan fingerprint density at radius 2 is 0.933 bits per heavy atom. The largest absolute Gasteiger partial charge is 0.457 e. The number of aryl methyl sites for hydroxylation is 2. The predicted octanol–water partition coefficient (Wildman–Crippen LogP) is 11.1. The zero-order valence-corrected chi connectivity index (χ0v) is 27.0. The molecule has 0 aliphatic carbocycles. The number of Topliss-reactive ketones (excluding diaryl/α,β-unsaturated/α-hetero) is 2. The first-order valence-electron chi connectivity index (χ1n) is 13.8. The molecule has 224 valence electrons. The van der Waals surface area contributed by atoms with Crippen molar-refractivity contribution in [3.8, 4) is 11.5 Å². The maximum absolute atomic E-state index is 13.2. The zero-order valence-electron chi connectivity index (χ0n) is 24.0. The first-order chi connectivity index (χ1) is 21.6. The first kappa shape index (κ1) is 30.8. The molecular formula is C36H24Cl4N2O3. The fraction of sp³-hybridized carbons (Fsp3) is 0.0556. The molecule has 9 heteroatoms. The van der Waals surface area contributed by atoms with Gasteiger partial charge < -0.3 is 14.7 Å². The minimum absolute atomic E-state index is 0.0754. The molecule has 0 atom stereocenters. The average Bonchev–Trinajstić information content (AvgIpc) is 3.73. The van der Waals surface area contributed by atoms with Crippen molar-refractivity contribution in [1.29, 1.82) is 0 Å². The summed E-state index contributed by atoms with van der Waals surface area (Å²) >= 11 is 26.0. The summed E-state index contributed by atoms with van der Waals surface area (Å²) in [5, 5.41) is 2.11. The van der Waals surface area contributed by atoms with Crippen LogP contribution in [-0.4, -0.2) is 21.5 Å². The van der Waals surface area contributed by atoms with Crippen molar-refractivity contribution in [3.63, 3.8) is 0 Å². The van der Waals surface area contributed by atoms with Crippen molar-refractivity contribution in [2.45, 2.75) is 13.8 Å². The highest BCUT2D eigenvalue weighted by Gasteiger charge is 2.20. The molecule has 0 saturated heterocycles. The minimum atomic E-state index is -0.402. The quantitative estimate of drug-likeness (QED) is 0.125. The maximum atomic E-state index is 13.2. The van der Waals surface area contributed by atoms with Gasteiger partial charge in [0.25, 0.3) is 0 Å². The summed E-state index contributed by atoms with van der Waals surface area (Å²) in [5.41, 5.74) is 5.38. The van der Waals surface area contributed by atoms with Crippen LogP contribution in [0.2, 0.25) is 0 Å². The Kier molecular flexibility index (Phi) is 8.63. The smallest absolute Gasteiger partial charge is 0.205 e. The number of carbonyl (C=O) groups excluding carboxylic acids is 2. The van der Waals surface area contributed by atoms with E-state index in [0.717, 1.165) is 21.8 Å². The summed E-state index contributed by atoms with van der Waals surface area (Å²) in [6, 6.07) is 25.0. The third kappa shape index (κ3) is 6.18. The van der Waals surface area contributed by atoms with Gasteiger partial charge in [-0.25, -0.2) is 0 Å². The number of benzene rings is 4. The predicted molar refractivity (Wildman–Crippen MR) is 185 cm³/mol. The summed E-state index contributed by atoms with van der Waals surface area (Å²) in [4.78, 5) is 32.7. The zero-order chi connectivity index (χ0) is 31.8. The number of ether oxygens (including phenoxy) is 1. The van der Waals surface area contributed by atoms with Crippen LogP contribution in [0.3, 0.4) is 0 Å². The number of aromatic amines is 2. The molecule has 0 radical (unpaired) electrons. The molecule has 45 heavy (non-hydrogen) atoms. The molecular weight excluding hydrogens is 650 g/mol. The molecule has 2 heterocycles. The van der Waals surface area contributed by atoms with Gasteiger partial charge in [0, 0.05) is 34.6 Å². The van der Waals surface area contributed by atoms with Gasteiger partial charge in [-0.2, -0.15) is 0 Å². The van der Waals surface area contributed by atoms with Crippen molar-refractivity contribution < 1.29 is 14.3 Å². The van der Waals surface area contributed by atoms with Crippen LogP contribution in [0, 0.1) is 13.8 Å². The van der Waals surface area contributed by atoms with Gasteiger partial charge >= 0.3 is 0 Å². The van der Waals surface area contributed by atoms with Gasteiger partial charge in [0.1, 0.15) is 21.6 Å². The van der Waals surface area contributed by atoms with E-state index >= 15 is 0 Å². The average molecular weight is 674 g/mol. The molecule has 0 aliphatic heterocycles. The van der Waals surface area contributed by atoms with E-state index < -0.39 is 11.6 Å². The van der Waals surface area contributed by atoms with Crippen LogP contribution in [0.5, 0.6) is 11.5 Å². The van der Waals surface area contributed by atoms with Gasteiger partial charge in [-0.3, -0.25) is 9.59 Å². The summed E-state index contributed by atoms with van der Waals surface area (Å²) in [6.45, 7) is 3.66. The Bertz CT molecular complexity index is 2050. The number of halogens is 4. The van der Waals surface area contributed by atoms with Crippen molar-refractivity contribution in [3.05, 3.63) is 141 Å². The van der Waals surface area contributed by atoms with E-state index in [-0.39, 0.29) is 20.1 Å². The minimum Gasteiger partial charge on any atom is -0.457 e. The van der Waals surface area contributed by atoms with Gasteiger partial charge in [0.2, 0.25) is 11.6 Å². The molecule has 2 aromatic heterocycles. The van der Waals surface area contributed by atoms with Crippen molar-refractivity contribution in [1.82, 2.24) is 9.97 Å². The third-order valence-corrected chi connectivity index (χ3v) is 9.22. The lowest BCUT2D eigenvalue weighted by molar-refractivity contribution is 0.103. The van der Waals surface area contributed by atoms with Gasteiger partial charge in [-0.1, -0.05) is 58.5 Å². The second-order valence-electron chi connectivity index (χ2n) is 10.5. The van der Waals surface area contributed by atoms with Gasteiger partial charge in [-0.15, -0.1) is 0 Å². The van der Waals surface area contributed by atoms with Crippen molar-refractivity contribution >= 4 is 89.8 Å². The Hall–Kier alpha value is -4.26. The second kappa shape index (κ2) is 12.6. The van der Waals surface area contributed by atoms with E-state index in [9.17, 15) is 9.59 Å². The number of carbonyl (C=O) groups is 2. The molecule has 2 N–H and O–H groups in total. The van der Waals surface area contributed by atoms with Crippen molar-refractivity contribution in [2.24, 2.45) is 0 Å². The Morgan fingerprint density at radius 3 is 1.33 bits per heavy atom. The summed E-state index contributed by atoms with van der Waals surface area (Å²) in [5.74, 6) is 0.278. The van der Waals surface area contributed by atoms with Crippen LogP contribution < -0.4 is 4.74 Å². The molecule has 0 bridgehead atoms. The number of ketones is 2. The molecule has 0 spiro atoms. The molecule has 0 unspecified atom stereocenters. The van der Waals surface area contributed by atoms with Crippen LogP contribution in [0.15, 0.2) is 107 Å². The highest BCUT2D eigenvalue weighted by molar-refractivity contribution is 6.61. The lowest BCUT2D eigenvalue weighted by Gasteiger charge is -2.13. The second-order valence-corrected chi connectivity index (χ2v) is 12.0. The van der Waals surface area contributed by atoms with Crippen molar-refractivity contribution in [2.75, 3.05) is 0 Å². The molecule has 5 nitrogen and oxygen atoms in total. The third-order valence-electron chi connectivity index (χ3n) is 7.49. The van der Waals surface area contributed by atoms with E-state index in [2.05, 4.69) is 9.97 Å². The van der Waals surface area contributed by atoms with Gasteiger partial charge in [-0.05, 0) is 120 Å². The van der Waals surface area contributed by atoms with E-state index in [1.807, 2.05) is 74.8 Å². The number of allylic oxidation sites excluding steroid dienone is 2. The van der Waals surface area contributed by atoms with Gasteiger partial charge in [0.05, 0.1) is 10.1 Å². The summed E-state index contributed by atoms with van der Waals surface area (Å²) in [7, 11) is 0. The van der Waals surface area contributed by atoms with E-state index in [1.54, 1.807) is 36.4 Å². The number of nitrogens with one attached hydrogen (secondary N) is 2. The number of fused-ring (bicyclic) bond motifs is 2. The molecule has 0 amide bonds. The monoisotopic (exact) mass is 672 g/mol. The normalized spacial score (nSPS) is 12.7. The molecule has 4 aromatic carbocycles. The molecule has 0 saturated carbocycles. The molecule has 0 aliphatic rings. The molecule has 6 rings (SSSR count). The standard InChI is InChI=1S/C36H24Cl4N2O3/c1-19-15-25(35(43)33(39)31(37)23-3-7-27-21(17-23)11-13-41-27)5-9-29(19)45-30-10-6-26(16-20(30)2)36(44)34(40)32(38)24-4-8-28-22(18-24)12-14-42-28/h3-18,41-42H,1-2H3/b33-31+,34-32+. The van der Waals surface area contributed by atoms with Crippen LogP contribution in [0.4, 0.5) is 0 Å². The number of hydrogen-bond donors (Lipinski definition) is 2. The Labute approximate surface area is 279 Å². The SMILES string of the molecule is Cc1cc(C(=O)/C(Cl)=C(\Cl)c2ccc3[nH]ccc3c2)ccc1Oc1ccc(C(=O)/C(Cl)=C(\Cl)c2ccc3[nH]ccc3c2)cc1C. The first-order valence-corrected chi connectivity index (χ1v) is 15.4. The topological polar surface area (TPSA) is 75.0 Å². The van der Waals surface area contributed by atoms with Crippen LogP contribution in [0.1, 0.15) is 43.0 Å². The molecule has 6 aromatic rings. The lowest BCUT2D eigenvalue weighted by Crippen LogP contribution is -2.03. The van der Waals surface area contributed by atoms with E-state index in [0.29, 0.717) is 44.9 Å². The Morgan fingerprint density at radius 1 is 0.533 bits per heavy atom. The number of hydrogen-bond acceptors (Lipinski definition) is 3. The fourth-order valence-corrected chi connectivity index (χ4v) is 5.86. The number of rotatable bonds is 8. The van der Waals surface area contributed by atoms with Gasteiger partial charge in [0.15, 0.2) is 0 Å². The highest BCUT2D eigenvalue weighted by atomic mass is 35.5. The number of aromatic nitrogens is 2. The number of H-pyrrole nitrogens is 2. The molecule has 0 fully saturated rings. The summed E-state index contributed by atoms with van der Waals surface area (Å²) in [6.07, 6.45) is 3.66. The Balaban J connectivity index is 1.19. The van der Waals surface area contributed by atoms with Crippen LogP contribution >= 0.6 is 46.4 Å². The van der Waals surface area contributed by atoms with Crippen LogP contribution in [-0.2, 0) is 0 Å². The lowest BCUT2D eigenvalue weighted by atomic mass is 10.0.